The molecule has 1 aliphatic heterocycles. The van der Waals surface area contributed by atoms with Gasteiger partial charge < -0.3 is 15.0 Å². The van der Waals surface area contributed by atoms with Crippen molar-refractivity contribution in [3.05, 3.63) is 71.8 Å². The molecule has 1 aromatic carbocycles. The van der Waals surface area contributed by atoms with Crippen molar-refractivity contribution in [1.82, 2.24) is 19.6 Å². The van der Waals surface area contributed by atoms with E-state index in [1.54, 1.807) is 23.0 Å². The Balaban J connectivity index is 1.48. The number of aromatic nitrogens is 4. The molecule has 0 bridgehead atoms. The van der Waals surface area contributed by atoms with Gasteiger partial charge in [0.1, 0.15) is 5.69 Å². The van der Waals surface area contributed by atoms with Crippen LogP contribution in [0.4, 0.5) is 20.2 Å². The zero-order chi connectivity index (χ0) is 23.7. The molecule has 5 rings (SSSR count). The van der Waals surface area contributed by atoms with Crippen molar-refractivity contribution in [3.63, 3.8) is 0 Å². The van der Waals surface area contributed by atoms with Crippen molar-refractivity contribution in [2.45, 2.75) is 13.3 Å². The lowest BCUT2D eigenvalue weighted by Gasteiger charge is -2.29. The molecule has 174 valence electrons. The summed E-state index contributed by atoms with van der Waals surface area (Å²) in [6.45, 7) is 4.77. The molecule has 1 saturated heterocycles. The fourth-order valence-electron chi connectivity index (χ4n) is 3.96. The molecule has 1 aliphatic rings. The highest BCUT2D eigenvalue weighted by Crippen LogP contribution is 2.30. The summed E-state index contributed by atoms with van der Waals surface area (Å²) >= 11 is 0. The average Bonchev–Trinajstić information content (AvgIpc) is 3.34. The van der Waals surface area contributed by atoms with E-state index >= 15 is 0 Å². The molecule has 0 spiro atoms. The average molecular weight is 464 g/mol. The Labute approximate surface area is 194 Å². The van der Waals surface area contributed by atoms with E-state index in [0.29, 0.717) is 18.9 Å². The molecule has 34 heavy (non-hydrogen) atoms. The van der Waals surface area contributed by atoms with E-state index in [9.17, 15) is 13.6 Å². The maximum Gasteiger partial charge on any atom is 0.280 e. The highest BCUT2D eigenvalue weighted by molar-refractivity contribution is 6.04. The van der Waals surface area contributed by atoms with Crippen molar-refractivity contribution < 1.29 is 18.3 Å². The van der Waals surface area contributed by atoms with Crippen LogP contribution in [0.1, 0.15) is 28.0 Å². The Morgan fingerprint density at radius 3 is 2.71 bits per heavy atom. The summed E-state index contributed by atoms with van der Waals surface area (Å²) in [7, 11) is 0. The lowest BCUT2D eigenvalue weighted by molar-refractivity contribution is 0.102. The number of nitrogens with one attached hydrogen (secondary N) is 1. The van der Waals surface area contributed by atoms with Gasteiger partial charge in [-0.25, -0.2) is 18.3 Å². The van der Waals surface area contributed by atoms with Crippen LogP contribution in [0.3, 0.4) is 0 Å². The Morgan fingerprint density at radius 1 is 1.09 bits per heavy atom. The number of nitrogens with zero attached hydrogens (tertiary/aromatic N) is 5. The maximum atomic E-state index is 13.0. The molecular formula is C24H22F2N6O2. The standard InChI is InChI=1S/C24H22F2N6O2/c1-15-2-3-17(29-24(33)16-4-5-27-20(12-16)22(25)26)13-18(15)19-14-21(31-8-10-34-11-9-31)23-28-6-7-32(23)30-19/h2-7,12-14,22H,8-11H2,1H3,(H,29,33). The van der Waals surface area contributed by atoms with E-state index in [4.69, 9.17) is 9.84 Å². The zero-order valence-corrected chi connectivity index (χ0v) is 18.4. The molecule has 8 nitrogen and oxygen atoms in total. The number of alkyl halides is 2. The first-order valence-electron chi connectivity index (χ1n) is 10.8. The van der Waals surface area contributed by atoms with Crippen LogP contribution in [0.15, 0.2) is 55.0 Å². The van der Waals surface area contributed by atoms with Crippen LogP contribution in [0.2, 0.25) is 0 Å². The van der Waals surface area contributed by atoms with Crippen LogP contribution >= 0.6 is 0 Å². The molecule has 4 heterocycles. The zero-order valence-electron chi connectivity index (χ0n) is 18.4. The Bertz CT molecular complexity index is 1350. The van der Waals surface area contributed by atoms with Crippen LogP contribution in [0.5, 0.6) is 0 Å². The molecule has 3 aromatic heterocycles. The van der Waals surface area contributed by atoms with Gasteiger partial charge in [0.25, 0.3) is 12.3 Å². The SMILES string of the molecule is Cc1ccc(NC(=O)c2ccnc(C(F)F)c2)cc1-c1cc(N2CCOCC2)c2nccn2n1. The Kier molecular flexibility index (Phi) is 5.89. The highest BCUT2D eigenvalue weighted by atomic mass is 19.3. The van der Waals surface area contributed by atoms with Gasteiger partial charge in [0.15, 0.2) is 5.65 Å². The summed E-state index contributed by atoms with van der Waals surface area (Å²) in [4.78, 5) is 23.0. The third-order valence-electron chi connectivity index (χ3n) is 5.73. The van der Waals surface area contributed by atoms with E-state index in [1.807, 2.05) is 25.1 Å². The number of morpholine rings is 1. The molecule has 1 N–H and O–H groups in total. The van der Waals surface area contributed by atoms with Gasteiger partial charge in [-0.2, -0.15) is 5.10 Å². The Morgan fingerprint density at radius 2 is 1.91 bits per heavy atom. The van der Waals surface area contributed by atoms with E-state index in [0.717, 1.165) is 47.3 Å². The van der Waals surface area contributed by atoms with Crippen molar-refractivity contribution in [1.29, 1.82) is 0 Å². The van der Waals surface area contributed by atoms with Gasteiger partial charge in [0, 0.05) is 48.5 Å². The number of carbonyl (C=O) groups is 1. The summed E-state index contributed by atoms with van der Waals surface area (Å²) in [5.74, 6) is -0.494. The summed E-state index contributed by atoms with van der Waals surface area (Å²) in [6, 6.07) is 9.98. The molecular weight excluding hydrogens is 442 g/mol. The number of rotatable bonds is 5. The third-order valence-corrected chi connectivity index (χ3v) is 5.73. The van der Waals surface area contributed by atoms with E-state index in [-0.39, 0.29) is 5.56 Å². The molecule has 10 heteroatoms. The number of halogens is 2. The number of pyridine rings is 1. The van der Waals surface area contributed by atoms with Crippen molar-refractivity contribution in [2.24, 2.45) is 0 Å². The summed E-state index contributed by atoms with van der Waals surface area (Å²) in [6.07, 6.45) is 1.97. The topological polar surface area (TPSA) is 84.7 Å². The molecule has 0 saturated carbocycles. The van der Waals surface area contributed by atoms with E-state index in [1.165, 1.54) is 12.3 Å². The third kappa shape index (κ3) is 4.32. The molecule has 1 fully saturated rings. The van der Waals surface area contributed by atoms with Crippen LogP contribution < -0.4 is 10.2 Å². The Hall–Kier alpha value is -3.92. The smallest absolute Gasteiger partial charge is 0.280 e. The first kappa shape index (κ1) is 21.9. The van der Waals surface area contributed by atoms with Gasteiger partial charge in [0.2, 0.25) is 0 Å². The van der Waals surface area contributed by atoms with E-state index in [2.05, 4.69) is 20.2 Å². The molecule has 0 atom stereocenters. The van der Waals surface area contributed by atoms with Gasteiger partial charge in [-0.15, -0.1) is 0 Å². The molecule has 1 amide bonds. The van der Waals surface area contributed by atoms with Gasteiger partial charge in [-0.05, 0) is 42.8 Å². The minimum absolute atomic E-state index is 0.111. The number of aryl methyl sites for hydroxylation is 1. The number of carbonyl (C=O) groups excluding carboxylic acids is 1. The summed E-state index contributed by atoms with van der Waals surface area (Å²) < 4.78 is 33.2. The first-order valence-corrected chi connectivity index (χ1v) is 10.8. The van der Waals surface area contributed by atoms with Crippen molar-refractivity contribution in [3.8, 4) is 11.3 Å². The molecule has 0 aliphatic carbocycles. The van der Waals surface area contributed by atoms with Crippen LogP contribution in [0.25, 0.3) is 16.9 Å². The summed E-state index contributed by atoms with van der Waals surface area (Å²) in [5.41, 5.74) is 4.47. The van der Waals surface area contributed by atoms with Crippen molar-refractivity contribution in [2.75, 3.05) is 36.5 Å². The molecule has 4 aromatic rings. The minimum Gasteiger partial charge on any atom is -0.378 e. The number of imidazole rings is 1. The first-order chi connectivity index (χ1) is 16.5. The second kappa shape index (κ2) is 9.14. The number of fused-ring (bicyclic) bond motifs is 1. The molecule has 0 radical (unpaired) electrons. The maximum absolute atomic E-state index is 13.0. The molecule has 0 unspecified atom stereocenters. The number of anilines is 2. The quantitative estimate of drug-likeness (QED) is 0.478. The summed E-state index contributed by atoms with van der Waals surface area (Å²) in [5, 5.41) is 7.51. The minimum atomic E-state index is -2.75. The van der Waals surface area contributed by atoms with Crippen molar-refractivity contribution >= 4 is 22.9 Å². The van der Waals surface area contributed by atoms with Gasteiger partial charge in [-0.3, -0.25) is 9.78 Å². The second-order valence-corrected chi connectivity index (χ2v) is 7.96. The fourth-order valence-corrected chi connectivity index (χ4v) is 3.96. The normalized spacial score (nSPS) is 14.1. The lowest BCUT2D eigenvalue weighted by Crippen LogP contribution is -2.36. The predicted molar refractivity (Wildman–Crippen MR) is 123 cm³/mol. The highest BCUT2D eigenvalue weighted by Gasteiger charge is 2.19. The number of benzene rings is 1. The number of hydrogen-bond acceptors (Lipinski definition) is 6. The predicted octanol–water partition coefficient (Wildman–Crippen LogP) is 4.13. The number of ether oxygens (including phenoxy) is 1. The second-order valence-electron chi connectivity index (χ2n) is 7.96. The van der Waals surface area contributed by atoms with Gasteiger partial charge in [0.05, 0.1) is 24.6 Å². The van der Waals surface area contributed by atoms with Crippen LogP contribution in [0, 0.1) is 6.92 Å². The number of amides is 1. The number of hydrogen-bond donors (Lipinski definition) is 1. The monoisotopic (exact) mass is 464 g/mol. The lowest BCUT2D eigenvalue weighted by atomic mass is 10.0. The van der Waals surface area contributed by atoms with Crippen LogP contribution in [-0.2, 0) is 4.74 Å². The van der Waals surface area contributed by atoms with Gasteiger partial charge in [-0.1, -0.05) is 6.07 Å². The fraction of sp³-hybridized carbons (Fsp3) is 0.250. The van der Waals surface area contributed by atoms with Crippen LogP contribution in [-0.4, -0.2) is 51.8 Å². The van der Waals surface area contributed by atoms with E-state index < -0.39 is 18.0 Å². The van der Waals surface area contributed by atoms with Gasteiger partial charge >= 0.3 is 0 Å². The largest absolute Gasteiger partial charge is 0.378 e.